The van der Waals surface area contributed by atoms with Crippen LogP contribution in [0, 0.1) is 6.92 Å². The number of nitrogens with zero attached hydrogens (tertiary/aromatic N) is 1. The molecule has 2 heterocycles. The lowest BCUT2D eigenvalue weighted by Crippen LogP contribution is -2.25. The second-order valence-corrected chi connectivity index (χ2v) is 9.38. The molecule has 0 radical (unpaired) electrons. The number of likely N-dealkylation sites (tertiary alicyclic amines) is 1. The van der Waals surface area contributed by atoms with Crippen LogP contribution in [-0.2, 0) is 9.84 Å². The van der Waals surface area contributed by atoms with Crippen LogP contribution < -0.4 is 5.32 Å². The number of fused-ring (bicyclic) bond motifs is 3. The fraction of sp³-hybridized carbons (Fsp3) is 0.429. The molecule has 138 valence electrons. The van der Waals surface area contributed by atoms with Gasteiger partial charge in [-0.1, -0.05) is 24.6 Å². The molecule has 0 saturated carbocycles. The van der Waals surface area contributed by atoms with Crippen LogP contribution in [0.3, 0.4) is 0 Å². The fourth-order valence-corrected chi connectivity index (χ4v) is 5.51. The molecule has 2 aliphatic heterocycles. The Labute approximate surface area is 156 Å². The van der Waals surface area contributed by atoms with Crippen LogP contribution >= 0.6 is 0 Å². The molecule has 1 fully saturated rings. The molecule has 26 heavy (non-hydrogen) atoms. The molecular formula is C21H26N2O2S. The average molecular weight is 371 g/mol. The number of nitrogens with one attached hydrogen (secondary N) is 1. The molecule has 0 aromatic heterocycles. The van der Waals surface area contributed by atoms with Crippen LogP contribution in [0.5, 0.6) is 0 Å². The van der Waals surface area contributed by atoms with E-state index in [-0.39, 0.29) is 0 Å². The molecule has 2 atom stereocenters. The third-order valence-electron chi connectivity index (χ3n) is 5.85. The van der Waals surface area contributed by atoms with Crippen molar-refractivity contribution >= 4 is 15.5 Å². The Morgan fingerprint density at radius 3 is 2.46 bits per heavy atom. The van der Waals surface area contributed by atoms with Gasteiger partial charge in [-0.2, -0.15) is 0 Å². The van der Waals surface area contributed by atoms with Gasteiger partial charge in [-0.15, -0.1) is 0 Å². The van der Waals surface area contributed by atoms with Crippen LogP contribution in [0.4, 0.5) is 5.69 Å². The van der Waals surface area contributed by atoms with Gasteiger partial charge in [0.15, 0.2) is 0 Å². The van der Waals surface area contributed by atoms with E-state index in [4.69, 9.17) is 0 Å². The molecule has 0 amide bonds. The normalized spacial score (nSPS) is 23.0. The average Bonchev–Trinajstić information content (AvgIpc) is 2.86. The maximum Gasteiger partial charge on any atom is 0.206 e. The van der Waals surface area contributed by atoms with E-state index >= 15 is 0 Å². The lowest BCUT2D eigenvalue weighted by molar-refractivity contribution is 0.298. The Hall–Kier alpha value is -1.85. The minimum absolute atomic E-state index is 0.364. The first kappa shape index (κ1) is 17.6. The van der Waals surface area contributed by atoms with Gasteiger partial charge < -0.3 is 10.2 Å². The van der Waals surface area contributed by atoms with Crippen molar-refractivity contribution in [2.45, 2.75) is 48.4 Å². The lowest BCUT2D eigenvalue weighted by Gasteiger charge is -2.17. The molecule has 2 aromatic carbocycles. The quantitative estimate of drug-likeness (QED) is 0.892. The first-order chi connectivity index (χ1) is 12.5. The van der Waals surface area contributed by atoms with Crippen molar-refractivity contribution in [1.82, 2.24) is 4.90 Å². The summed E-state index contributed by atoms with van der Waals surface area (Å²) in [5.74, 6) is 0.398. The first-order valence-corrected chi connectivity index (χ1v) is 10.9. The van der Waals surface area contributed by atoms with Crippen LogP contribution in [0.15, 0.2) is 52.3 Å². The molecule has 1 saturated heterocycles. The number of sulfone groups is 1. The molecule has 0 spiro atoms. The second-order valence-electron chi connectivity index (χ2n) is 7.43. The van der Waals surface area contributed by atoms with E-state index in [0.29, 0.717) is 21.8 Å². The standard InChI is InChI=1S/C21H26N2O2S/c1-3-23-12-10-18-19-14-17(8-9-20(19)22-21(18)11-13-23)26(24,25)16-6-4-15(2)5-7-16/h4-9,14,18,21-22H,3,10-13H2,1-2H3/t18-,21?/m1/s1. The van der Waals surface area contributed by atoms with Gasteiger partial charge in [0.25, 0.3) is 0 Å². The summed E-state index contributed by atoms with van der Waals surface area (Å²) in [6.07, 6.45) is 2.18. The summed E-state index contributed by atoms with van der Waals surface area (Å²) in [5, 5.41) is 3.63. The summed E-state index contributed by atoms with van der Waals surface area (Å²) in [7, 11) is -3.48. The molecule has 4 nitrogen and oxygen atoms in total. The highest BCUT2D eigenvalue weighted by Crippen LogP contribution is 2.42. The van der Waals surface area contributed by atoms with E-state index < -0.39 is 9.84 Å². The molecule has 0 aliphatic carbocycles. The highest BCUT2D eigenvalue weighted by molar-refractivity contribution is 7.91. The van der Waals surface area contributed by atoms with Crippen molar-refractivity contribution in [3.63, 3.8) is 0 Å². The van der Waals surface area contributed by atoms with Gasteiger partial charge in [-0.3, -0.25) is 0 Å². The molecule has 2 aromatic rings. The van der Waals surface area contributed by atoms with Crippen molar-refractivity contribution < 1.29 is 8.42 Å². The Balaban J connectivity index is 1.68. The molecule has 0 bridgehead atoms. The number of benzene rings is 2. The van der Waals surface area contributed by atoms with Gasteiger partial charge in [-0.05, 0) is 68.8 Å². The largest absolute Gasteiger partial charge is 0.381 e. The van der Waals surface area contributed by atoms with Gasteiger partial charge >= 0.3 is 0 Å². The summed E-state index contributed by atoms with van der Waals surface area (Å²) >= 11 is 0. The van der Waals surface area contributed by atoms with Crippen molar-refractivity contribution in [2.75, 3.05) is 25.0 Å². The highest BCUT2D eigenvalue weighted by atomic mass is 32.2. The minimum Gasteiger partial charge on any atom is -0.381 e. The number of hydrogen-bond donors (Lipinski definition) is 1. The topological polar surface area (TPSA) is 49.4 Å². The van der Waals surface area contributed by atoms with E-state index in [1.807, 2.05) is 31.2 Å². The summed E-state index contributed by atoms with van der Waals surface area (Å²) in [6.45, 7) is 7.42. The lowest BCUT2D eigenvalue weighted by atomic mass is 9.91. The Morgan fingerprint density at radius 1 is 1.04 bits per heavy atom. The maximum absolute atomic E-state index is 13.0. The van der Waals surface area contributed by atoms with Crippen molar-refractivity contribution in [1.29, 1.82) is 0 Å². The van der Waals surface area contributed by atoms with Gasteiger partial charge in [0.1, 0.15) is 0 Å². The van der Waals surface area contributed by atoms with Crippen molar-refractivity contribution in [3.05, 3.63) is 53.6 Å². The van der Waals surface area contributed by atoms with E-state index in [9.17, 15) is 8.42 Å². The van der Waals surface area contributed by atoms with Crippen molar-refractivity contribution in [3.8, 4) is 0 Å². The summed E-state index contributed by atoms with van der Waals surface area (Å²) in [6, 6.07) is 13.1. The Morgan fingerprint density at radius 2 is 1.73 bits per heavy atom. The molecule has 1 unspecified atom stereocenters. The van der Waals surface area contributed by atoms with Crippen LogP contribution in [-0.4, -0.2) is 39.0 Å². The number of anilines is 1. The third kappa shape index (κ3) is 3.03. The summed E-state index contributed by atoms with van der Waals surface area (Å²) < 4.78 is 26.1. The Kier molecular flexibility index (Phi) is 4.53. The number of rotatable bonds is 3. The van der Waals surface area contributed by atoms with Gasteiger partial charge in [0, 0.05) is 24.2 Å². The molecule has 4 rings (SSSR count). The molecule has 5 heteroatoms. The van der Waals surface area contributed by atoms with Crippen LogP contribution in [0.25, 0.3) is 0 Å². The van der Waals surface area contributed by atoms with Crippen molar-refractivity contribution in [2.24, 2.45) is 0 Å². The van der Waals surface area contributed by atoms with E-state index in [0.717, 1.165) is 43.7 Å². The summed E-state index contributed by atoms with van der Waals surface area (Å²) in [4.78, 5) is 3.25. The molecular weight excluding hydrogens is 344 g/mol. The summed E-state index contributed by atoms with van der Waals surface area (Å²) in [5.41, 5.74) is 3.33. The van der Waals surface area contributed by atoms with Crippen LogP contribution in [0.1, 0.15) is 36.8 Å². The zero-order valence-corrected chi connectivity index (χ0v) is 16.2. The van der Waals surface area contributed by atoms with E-state index in [1.54, 1.807) is 18.2 Å². The third-order valence-corrected chi connectivity index (χ3v) is 7.62. The Bertz CT molecular complexity index is 906. The predicted octanol–water partition coefficient (Wildman–Crippen LogP) is 3.82. The predicted molar refractivity (Wildman–Crippen MR) is 105 cm³/mol. The number of aryl methyl sites for hydroxylation is 1. The van der Waals surface area contributed by atoms with Crippen LogP contribution in [0.2, 0.25) is 0 Å². The SMILES string of the molecule is CCN1CCC2Nc3ccc(S(=O)(=O)c4ccc(C)cc4)cc3[C@H]2CC1. The zero-order valence-electron chi connectivity index (χ0n) is 15.4. The second kappa shape index (κ2) is 6.71. The zero-order chi connectivity index (χ0) is 18.3. The van der Waals surface area contributed by atoms with E-state index in [2.05, 4.69) is 17.1 Å². The highest BCUT2D eigenvalue weighted by Gasteiger charge is 2.35. The molecule has 1 N–H and O–H groups in total. The van der Waals surface area contributed by atoms with Gasteiger partial charge in [-0.25, -0.2) is 8.42 Å². The monoisotopic (exact) mass is 370 g/mol. The number of hydrogen-bond acceptors (Lipinski definition) is 4. The van der Waals surface area contributed by atoms with Gasteiger partial charge in [0.05, 0.1) is 9.79 Å². The smallest absolute Gasteiger partial charge is 0.206 e. The fourth-order valence-electron chi connectivity index (χ4n) is 4.22. The minimum atomic E-state index is -3.48. The molecule has 2 aliphatic rings. The maximum atomic E-state index is 13.0. The van der Waals surface area contributed by atoms with Gasteiger partial charge in [0.2, 0.25) is 9.84 Å². The first-order valence-electron chi connectivity index (χ1n) is 9.43. The van der Waals surface area contributed by atoms with E-state index in [1.165, 1.54) is 5.56 Å².